The molecule has 0 atom stereocenters. The molecule has 0 rings (SSSR count). The molecule has 0 spiro atoms. The standard InChI is InChI=1S/Li.H2O4S.H2S.H/c;1-5(2,3)4;;/h;(H2,1,2,3,4);1H2;. The molecule has 0 aromatic rings. The molecule has 0 aromatic heterocycles. The Hall–Kier alpha value is 0.817. The third-order valence-corrected chi connectivity index (χ3v) is 0. The first-order chi connectivity index (χ1) is 2.00. The van der Waals surface area contributed by atoms with Gasteiger partial charge < -0.3 is 0 Å². The molecule has 0 aliphatic rings. The van der Waals surface area contributed by atoms with E-state index in [1.54, 1.807) is 0 Å². The zero-order chi connectivity index (χ0) is 4.50. The van der Waals surface area contributed by atoms with Crippen molar-refractivity contribution in [3.63, 3.8) is 0 Å². The fraction of sp³-hybridized carbons (Fsp3) is 0. The van der Waals surface area contributed by atoms with E-state index in [0.717, 1.165) is 0 Å². The minimum absolute atomic E-state index is 0. The molecule has 0 aliphatic carbocycles. The number of rotatable bonds is 0. The summed E-state index contributed by atoms with van der Waals surface area (Å²) < 4.78 is 31.6. The quantitative estimate of drug-likeness (QED) is 0.328. The topological polar surface area (TPSA) is 74.6 Å². The maximum atomic E-state index is 8.74. The Labute approximate surface area is 60.5 Å². The molecule has 42 valence electrons. The predicted molar refractivity (Wildman–Crippen MR) is 31.7 cm³/mol. The molecule has 4 nitrogen and oxygen atoms in total. The van der Waals surface area contributed by atoms with Gasteiger partial charge in [0.15, 0.2) is 0 Å². The molecular formula is H5LiO4S2. The van der Waals surface area contributed by atoms with Crippen molar-refractivity contribution in [3.8, 4) is 0 Å². The molecule has 7 heavy (non-hydrogen) atoms. The van der Waals surface area contributed by atoms with Gasteiger partial charge in [0.1, 0.15) is 0 Å². The first-order valence-corrected chi connectivity index (χ1v) is 2.10. The van der Waals surface area contributed by atoms with Crippen molar-refractivity contribution < 1.29 is 17.5 Å². The van der Waals surface area contributed by atoms with Crippen LogP contribution in [0.25, 0.3) is 0 Å². The summed E-state index contributed by atoms with van der Waals surface area (Å²) in [5, 5.41) is 0. The van der Waals surface area contributed by atoms with Crippen molar-refractivity contribution in [3.05, 3.63) is 0 Å². The zero-order valence-corrected chi connectivity index (χ0v) is 4.44. The normalized spacial score (nSPS) is 8.29. The van der Waals surface area contributed by atoms with Crippen LogP contribution in [0.4, 0.5) is 0 Å². The second-order valence-electron chi connectivity index (χ2n) is 0.448. The van der Waals surface area contributed by atoms with Crippen molar-refractivity contribution in [1.29, 1.82) is 0 Å². The third-order valence-electron chi connectivity index (χ3n) is 0. The Morgan fingerprint density at radius 1 is 1.14 bits per heavy atom. The first kappa shape index (κ1) is 15.7. The summed E-state index contributed by atoms with van der Waals surface area (Å²) in [6.07, 6.45) is 0. The van der Waals surface area contributed by atoms with Crippen molar-refractivity contribution in [2.24, 2.45) is 0 Å². The number of hydrogen-bond acceptors (Lipinski definition) is 2. The van der Waals surface area contributed by atoms with Crippen molar-refractivity contribution >= 4 is 42.8 Å². The molecule has 0 unspecified atom stereocenters. The Bertz CT molecular complexity index is 92.9. The monoisotopic (exact) mass is 140 g/mol. The molecule has 0 radical (unpaired) electrons. The Kier molecular flexibility index (Phi) is 11.1. The fourth-order valence-electron chi connectivity index (χ4n) is 0. The van der Waals surface area contributed by atoms with E-state index >= 15 is 0 Å². The Morgan fingerprint density at radius 3 is 1.14 bits per heavy atom. The van der Waals surface area contributed by atoms with E-state index in [9.17, 15) is 0 Å². The third kappa shape index (κ3) is 237. The summed E-state index contributed by atoms with van der Waals surface area (Å²) >= 11 is 0. The van der Waals surface area contributed by atoms with Crippen LogP contribution in [-0.2, 0) is 10.4 Å². The van der Waals surface area contributed by atoms with Gasteiger partial charge in [-0.3, -0.25) is 9.11 Å². The van der Waals surface area contributed by atoms with Gasteiger partial charge in [0, 0.05) is 0 Å². The van der Waals surface area contributed by atoms with Gasteiger partial charge in [-0.05, 0) is 0 Å². The van der Waals surface area contributed by atoms with Crippen LogP contribution in [0.2, 0.25) is 0 Å². The van der Waals surface area contributed by atoms with Crippen LogP contribution in [0.3, 0.4) is 0 Å². The van der Waals surface area contributed by atoms with Crippen molar-refractivity contribution in [2.75, 3.05) is 0 Å². The van der Waals surface area contributed by atoms with Crippen molar-refractivity contribution in [1.82, 2.24) is 0 Å². The summed E-state index contributed by atoms with van der Waals surface area (Å²) in [6, 6.07) is 0. The van der Waals surface area contributed by atoms with Gasteiger partial charge in [-0.15, -0.1) is 0 Å². The van der Waals surface area contributed by atoms with Crippen molar-refractivity contribution in [2.45, 2.75) is 0 Å². The number of hydrogen-bond donors (Lipinski definition) is 2. The van der Waals surface area contributed by atoms with E-state index in [4.69, 9.17) is 17.5 Å². The molecular weight excluding hydrogens is 135 g/mol. The van der Waals surface area contributed by atoms with Gasteiger partial charge >= 0.3 is 29.3 Å². The molecule has 0 bridgehead atoms. The maximum absolute atomic E-state index is 8.74. The summed E-state index contributed by atoms with van der Waals surface area (Å²) in [4.78, 5) is 0. The van der Waals surface area contributed by atoms with E-state index in [1.807, 2.05) is 0 Å². The second-order valence-corrected chi connectivity index (χ2v) is 1.34. The van der Waals surface area contributed by atoms with Gasteiger partial charge in [0.2, 0.25) is 0 Å². The van der Waals surface area contributed by atoms with E-state index in [0.29, 0.717) is 0 Å². The van der Waals surface area contributed by atoms with Crippen LogP contribution >= 0.6 is 13.5 Å². The van der Waals surface area contributed by atoms with Gasteiger partial charge in [0.05, 0.1) is 0 Å². The van der Waals surface area contributed by atoms with Crippen LogP contribution in [-0.4, -0.2) is 36.4 Å². The zero-order valence-electron chi connectivity index (χ0n) is 2.62. The molecule has 7 heteroatoms. The Balaban J connectivity index is -0.0000000800. The molecule has 0 aromatic carbocycles. The Morgan fingerprint density at radius 2 is 1.14 bits per heavy atom. The first-order valence-electron chi connectivity index (χ1n) is 0.698. The summed E-state index contributed by atoms with van der Waals surface area (Å²) in [6.45, 7) is 0. The van der Waals surface area contributed by atoms with Gasteiger partial charge in [-0.25, -0.2) is 0 Å². The van der Waals surface area contributed by atoms with Crippen LogP contribution in [0.15, 0.2) is 0 Å². The van der Waals surface area contributed by atoms with E-state index in [1.165, 1.54) is 0 Å². The molecule has 0 saturated heterocycles. The van der Waals surface area contributed by atoms with E-state index in [-0.39, 0.29) is 32.4 Å². The average molecular weight is 140 g/mol. The predicted octanol–water partition coefficient (Wildman–Crippen LogP) is -1.19. The van der Waals surface area contributed by atoms with Crippen LogP contribution in [0, 0.1) is 0 Å². The summed E-state index contributed by atoms with van der Waals surface area (Å²) in [5.74, 6) is 0. The second kappa shape index (κ2) is 4.96. The summed E-state index contributed by atoms with van der Waals surface area (Å²) in [5.41, 5.74) is 0. The van der Waals surface area contributed by atoms with E-state index < -0.39 is 10.4 Å². The van der Waals surface area contributed by atoms with Gasteiger partial charge in [-0.2, -0.15) is 21.9 Å². The van der Waals surface area contributed by atoms with Gasteiger partial charge in [-0.1, -0.05) is 0 Å². The molecule has 0 aliphatic heterocycles. The summed E-state index contributed by atoms with van der Waals surface area (Å²) in [7, 11) is -4.67. The fourth-order valence-corrected chi connectivity index (χ4v) is 0. The molecule has 2 N–H and O–H groups in total. The van der Waals surface area contributed by atoms with Crippen LogP contribution < -0.4 is 0 Å². The van der Waals surface area contributed by atoms with Crippen LogP contribution in [0.5, 0.6) is 0 Å². The minimum atomic E-state index is -4.67. The molecule has 0 amide bonds. The molecule has 0 fully saturated rings. The van der Waals surface area contributed by atoms with Crippen LogP contribution in [0.1, 0.15) is 0 Å². The molecule has 0 saturated carbocycles. The average Bonchev–Trinajstić information content (AvgIpc) is 0.722. The van der Waals surface area contributed by atoms with E-state index in [2.05, 4.69) is 0 Å². The SMILES string of the molecule is O=S(=O)(O)O.S.[LiH]. The van der Waals surface area contributed by atoms with Gasteiger partial charge in [0.25, 0.3) is 0 Å². The molecule has 0 heterocycles.